The predicted octanol–water partition coefficient (Wildman–Crippen LogP) is 1.72. The number of halogens is 3. The van der Waals surface area contributed by atoms with Gasteiger partial charge in [0.15, 0.2) is 5.69 Å². The van der Waals surface area contributed by atoms with Crippen molar-refractivity contribution in [2.24, 2.45) is 5.84 Å². The van der Waals surface area contributed by atoms with Crippen molar-refractivity contribution in [3.05, 3.63) is 11.8 Å². The van der Waals surface area contributed by atoms with Crippen LogP contribution in [0.2, 0.25) is 0 Å². The minimum Gasteiger partial charge on any atom is -0.356 e. The summed E-state index contributed by atoms with van der Waals surface area (Å²) in [4.78, 5) is 9.06. The molecule has 2 heterocycles. The summed E-state index contributed by atoms with van der Waals surface area (Å²) < 4.78 is 38.2. The lowest BCUT2D eigenvalue weighted by molar-refractivity contribution is -0.141. The molecule has 1 aliphatic heterocycles. The van der Waals surface area contributed by atoms with Crippen LogP contribution in [-0.4, -0.2) is 34.6 Å². The van der Waals surface area contributed by atoms with E-state index in [4.69, 9.17) is 5.84 Å². The van der Waals surface area contributed by atoms with Crippen molar-refractivity contribution in [2.75, 3.05) is 28.9 Å². The first-order chi connectivity index (χ1) is 8.91. The van der Waals surface area contributed by atoms with Crippen LogP contribution in [-0.2, 0) is 6.18 Å². The third-order valence-corrected chi connectivity index (χ3v) is 4.09. The third kappa shape index (κ3) is 3.21. The molecular weight excluding hydrogens is 279 g/mol. The van der Waals surface area contributed by atoms with Crippen LogP contribution in [0.4, 0.5) is 24.9 Å². The van der Waals surface area contributed by atoms with Gasteiger partial charge in [-0.1, -0.05) is 0 Å². The van der Waals surface area contributed by atoms with Crippen LogP contribution in [0.1, 0.15) is 12.1 Å². The zero-order valence-electron chi connectivity index (χ0n) is 10.2. The fraction of sp³-hybridized carbons (Fsp3) is 0.600. The van der Waals surface area contributed by atoms with Crippen LogP contribution >= 0.6 is 11.8 Å². The van der Waals surface area contributed by atoms with Gasteiger partial charge in [0.05, 0.1) is 0 Å². The van der Waals surface area contributed by atoms with E-state index in [1.807, 2.05) is 0 Å². The molecule has 0 amide bonds. The van der Waals surface area contributed by atoms with E-state index in [2.05, 4.69) is 15.4 Å². The highest BCUT2D eigenvalue weighted by Crippen LogP contribution is 2.32. The fourth-order valence-electron chi connectivity index (χ4n) is 1.84. The summed E-state index contributed by atoms with van der Waals surface area (Å²) in [5, 5.41) is 0. The number of nitrogen functional groups attached to an aromatic ring is 1. The molecule has 0 saturated carbocycles. The number of nitrogens with two attached hydrogens (primary N) is 1. The van der Waals surface area contributed by atoms with E-state index in [1.165, 1.54) is 0 Å². The summed E-state index contributed by atoms with van der Waals surface area (Å²) in [6.45, 7) is 0. The number of hydrazine groups is 1. The highest BCUT2D eigenvalue weighted by molar-refractivity contribution is 7.99. The number of nitrogens with zero attached hydrogens (tertiary/aromatic N) is 3. The van der Waals surface area contributed by atoms with Gasteiger partial charge in [0.2, 0.25) is 5.95 Å². The summed E-state index contributed by atoms with van der Waals surface area (Å²) in [7, 11) is 1.74. The molecule has 2 rings (SSSR count). The Morgan fingerprint density at radius 2 is 2.21 bits per heavy atom. The van der Waals surface area contributed by atoms with E-state index in [9.17, 15) is 13.2 Å². The van der Waals surface area contributed by atoms with Crippen LogP contribution in [0, 0.1) is 0 Å². The molecule has 0 spiro atoms. The van der Waals surface area contributed by atoms with Crippen LogP contribution in [0.15, 0.2) is 6.07 Å². The van der Waals surface area contributed by atoms with Gasteiger partial charge in [-0.2, -0.15) is 29.9 Å². The first-order valence-corrected chi connectivity index (χ1v) is 6.80. The Morgan fingerprint density at radius 3 is 2.74 bits per heavy atom. The number of thioether (sulfide) groups is 1. The minimum absolute atomic E-state index is 0.187. The highest BCUT2D eigenvalue weighted by Gasteiger charge is 2.34. The summed E-state index contributed by atoms with van der Waals surface area (Å²) >= 11 is 1.78. The Hall–Kier alpha value is -1.22. The first kappa shape index (κ1) is 14.2. The molecule has 9 heteroatoms. The van der Waals surface area contributed by atoms with Gasteiger partial charge in [0.25, 0.3) is 0 Å². The van der Waals surface area contributed by atoms with Crippen LogP contribution in [0.25, 0.3) is 0 Å². The highest BCUT2D eigenvalue weighted by atomic mass is 32.2. The molecule has 1 aliphatic rings. The molecule has 106 valence electrons. The number of hydrogen-bond donors (Lipinski definition) is 2. The van der Waals surface area contributed by atoms with Crippen LogP contribution in [0.5, 0.6) is 0 Å². The smallest absolute Gasteiger partial charge is 0.356 e. The summed E-state index contributed by atoms with van der Waals surface area (Å²) in [6, 6.07) is 1.13. The van der Waals surface area contributed by atoms with Gasteiger partial charge in [-0.3, -0.25) is 5.43 Å². The van der Waals surface area contributed by atoms with Gasteiger partial charge in [-0.15, -0.1) is 0 Å². The molecule has 0 bridgehead atoms. The topological polar surface area (TPSA) is 67.1 Å². The molecule has 1 atom stereocenters. The zero-order chi connectivity index (χ0) is 14.0. The number of hydrogen-bond acceptors (Lipinski definition) is 6. The quantitative estimate of drug-likeness (QED) is 0.653. The Kier molecular flexibility index (Phi) is 4.04. The van der Waals surface area contributed by atoms with Crippen LogP contribution in [0.3, 0.4) is 0 Å². The summed E-state index contributed by atoms with van der Waals surface area (Å²) in [6.07, 6.45) is -3.59. The molecule has 0 radical (unpaired) electrons. The number of aromatic nitrogens is 2. The van der Waals surface area contributed by atoms with E-state index < -0.39 is 11.9 Å². The average Bonchev–Trinajstić information content (AvgIpc) is 2.90. The van der Waals surface area contributed by atoms with Crippen LogP contribution < -0.4 is 16.2 Å². The molecule has 3 N–H and O–H groups in total. The Morgan fingerprint density at radius 1 is 1.47 bits per heavy atom. The number of nitrogens with one attached hydrogen (secondary N) is 1. The normalized spacial score (nSPS) is 19.5. The average molecular weight is 293 g/mol. The van der Waals surface area contributed by atoms with Crippen molar-refractivity contribution in [3.63, 3.8) is 0 Å². The van der Waals surface area contributed by atoms with Crippen molar-refractivity contribution in [3.8, 4) is 0 Å². The first-order valence-electron chi connectivity index (χ1n) is 5.65. The molecule has 1 fully saturated rings. The lowest BCUT2D eigenvalue weighted by atomic mass is 10.2. The molecular formula is C10H14F3N5S. The molecule has 0 aromatic carbocycles. The lowest BCUT2D eigenvalue weighted by Gasteiger charge is -2.25. The summed E-state index contributed by atoms with van der Waals surface area (Å²) in [5.74, 6) is 7.00. The maximum Gasteiger partial charge on any atom is 0.433 e. The van der Waals surface area contributed by atoms with Gasteiger partial charge in [-0.25, -0.2) is 10.8 Å². The number of anilines is 2. The Labute approximate surface area is 112 Å². The van der Waals surface area contributed by atoms with Gasteiger partial charge in [0.1, 0.15) is 5.82 Å². The lowest BCUT2D eigenvalue weighted by Crippen LogP contribution is -2.32. The van der Waals surface area contributed by atoms with E-state index in [0.717, 1.165) is 24.0 Å². The maximum atomic E-state index is 12.7. The van der Waals surface area contributed by atoms with Crippen molar-refractivity contribution in [1.29, 1.82) is 0 Å². The fourth-order valence-corrected chi connectivity index (χ4v) is 3.11. The van der Waals surface area contributed by atoms with Crippen molar-refractivity contribution in [2.45, 2.75) is 18.6 Å². The molecule has 5 nitrogen and oxygen atoms in total. The maximum absolute atomic E-state index is 12.7. The second-order valence-corrected chi connectivity index (χ2v) is 5.36. The van der Waals surface area contributed by atoms with Gasteiger partial charge >= 0.3 is 6.18 Å². The predicted molar refractivity (Wildman–Crippen MR) is 69.0 cm³/mol. The second-order valence-electron chi connectivity index (χ2n) is 4.21. The minimum atomic E-state index is -4.52. The third-order valence-electron chi connectivity index (χ3n) is 2.95. The van der Waals surface area contributed by atoms with Crippen molar-refractivity contribution >= 4 is 23.5 Å². The molecule has 1 aromatic heterocycles. The molecule has 19 heavy (non-hydrogen) atoms. The zero-order valence-corrected chi connectivity index (χ0v) is 11.1. The van der Waals surface area contributed by atoms with Gasteiger partial charge in [0, 0.05) is 24.9 Å². The SMILES string of the molecule is CN(c1cc(C(F)(F)F)nc(NN)n1)C1CCSC1. The van der Waals surface area contributed by atoms with Gasteiger partial charge < -0.3 is 4.90 Å². The molecule has 0 aliphatic carbocycles. The van der Waals surface area contributed by atoms with Crippen molar-refractivity contribution < 1.29 is 13.2 Å². The van der Waals surface area contributed by atoms with E-state index in [0.29, 0.717) is 0 Å². The Bertz CT molecular complexity index is 447. The summed E-state index contributed by atoms with van der Waals surface area (Å²) in [5.41, 5.74) is 1.07. The molecule has 1 aromatic rings. The van der Waals surface area contributed by atoms with Gasteiger partial charge in [-0.05, 0) is 12.2 Å². The van der Waals surface area contributed by atoms with E-state index in [-0.39, 0.29) is 17.8 Å². The second kappa shape index (κ2) is 5.41. The number of rotatable bonds is 3. The number of alkyl halides is 3. The molecule has 1 saturated heterocycles. The molecule has 1 unspecified atom stereocenters. The van der Waals surface area contributed by atoms with E-state index >= 15 is 0 Å². The standard InChI is InChI=1S/C10H14F3N5S/c1-18(6-2-3-19-5-6)8-4-7(10(11,12)13)15-9(16-8)17-14/h4,6H,2-3,5,14H2,1H3,(H,15,16,17). The Balaban J connectivity index is 2.33. The van der Waals surface area contributed by atoms with Crippen molar-refractivity contribution in [1.82, 2.24) is 9.97 Å². The monoisotopic (exact) mass is 293 g/mol. The largest absolute Gasteiger partial charge is 0.433 e. The van der Waals surface area contributed by atoms with E-state index in [1.54, 1.807) is 23.7 Å².